The molecule has 4 heteroatoms. The largest absolute Gasteiger partial charge is 0.494 e. The Balaban J connectivity index is 2.10. The summed E-state index contributed by atoms with van der Waals surface area (Å²) in [6.07, 6.45) is 0.932. The summed E-state index contributed by atoms with van der Waals surface area (Å²) in [7, 11) is 0. The molecule has 0 spiro atoms. The lowest BCUT2D eigenvalue weighted by Gasteiger charge is -2.09. The Morgan fingerprint density at radius 3 is 2.76 bits per heavy atom. The van der Waals surface area contributed by atoms with Crippen LogP contribution in [0.4, 0.5) is 11.4 Å². The first-order valence-corrected chi connectivity index (χ1v) is 7.00. The second-order valence-corrected chi connectivity index (χ2v) is 4.90. The fourth-order valence-corrected chi connectivity index (χ4v) is 1.90. The fourth-order valence-electron chi connectivity index (χ4n) is 1.90. The number of hydrogen-bond acceptors (Lipinski definition) is 3. The number of nitrogens with two attached hydrogens (primary N) is 1. The first-order valence-electron chi connectivity index (χ1n) is 7.00. The van der Waals surface area contributed by atoms with Crippen LogP contribution in [0.15, 0.2) is 42.5 Å². The number of benzene rings is 2. The van der Waals surface area contributed by atoms with Gasteiger partial charge in [-0.25, -0.2) is 0 Å². The van der Waals surface area contributed by atoms with E-state index in [1.807, 2.05) is 32.0 Å². The molecule has 0 unspecified atom stereocenters. The Morgan fingerprint density at radius 2 is 2.05 bits per heavy atom. The van der Waals surface area contributed by atoms with Crippen LogP contribution >= 0.6 is 0 Å². The molecule has 0 atom stereocenters. The Hall–Kier alpha value is -2.49. The highest BCUT2D eigenvalue weighted by Crippen LogP contribution is 2.19. The molecule has 0 bridgehead atoms. The zero-order chi connectivity index (χ0) is 15.2. The second kappa shape index (κ2) is 6.79. The van der Waals surface area contributed by atoms with E-state index in [-0.39, 0.29) is 5.91 Å². The Labute approximate surface area is 124 Å². The third kappa shape index (κ3) is 3.99. The van der Waals surface area contributed by atoms with Gasteiger partial charge in [0, 0.05) is 16.9 Å². The van der Waals surface area contributed by atoms with Gasteiger partial charge in [0.05, 0.1) is 6.61 Å². The number of nitrogens with one attached hydrogen (secondary N) is 1. The normalized spacial score (nSPS) is 10.2. The molecule has 0 aliphatic rings. The Bertz CT molecular complexity index is 638. The van der Waals surface area contributed by atoms with Crippen molar-refractivity contribution in [1.29, 1.82) is 0 Å². The van der Waals surface area contributed by atoms with Gasteiger partial charge < -0.3 is 15.8 Å². The molecular weight excluding hydrogens is 264 g/mol. The quantitative estimate of drug-likeness (QED) is 0.824. The number of hydrogen-bond donors (Lipinski definition) is 2. The van der Waals surface area contributed by atoms with Crippen LogP contribution in [0.1, 0.15) is 29.3 Å². The van der Waals surface area contributed by atoms with Crippen LogP contribution in [0.2, 0.25) is 0 Å². The summed E-state index contributed by atoms with van der Waals surface area (Å²) in [6.45, 7) is 4.59. The third-order valence-electron chi connectivity index (χ3n) is 3.10. The highest BCUT2D eigenvalue weighted by molar-refractivity contribution is 6.04. The summed E-state index contributed by atoms with van der Waals surface area (Å²) in [4.78, 5) is 12.2. The van der Waals surface area contributed by atoms with Gasteiger partial charge in [-0.05, 0) is 55.3 Å². The first kappa shape index (κ1) is 14.9. The minimum atomic E-state index is -0.166. The van der Waals surface area contributed by atoms with E-state index in [2.05, 4.69) is 5.32 Å². The zero-order valence-corrected chi connectivity index (χ0v) is 12.3. The molecule has 0 aliphatic heterocycles. The summed E-state index contributed by atoms with van der Waals surface area (Å²) in [5.41, 5.74) is 8.71. The van der Waals surface area contributed by atoms with Crippen molar-refractivity contribution in [3.05, 3.63) is 53.6 Å². The molecular formula is C17H20N2O2. The predicted octanol–water partition coefficient (Wildman–Crippen LogP) is 3.62. The van der Waals surface area contributed by atoms with Gasteiger partial charge in [-0.15, -0.1) is 0 Å². The van der Waals surface area contributed by atoms with Crippen molar-refractivity contribution in [2.45, 2.75) is 20.3 Å². The Kier molecular flexibility index (Phi) is 4.82. The smallest absolute Gasteiger partial charge is 0.255 e. The van der Waals surface area contributed by atoms with Crippen LogP contribution in [0.3, 0.4) is 0 Å². The van der Waals surface area contributed by atoms with Crippen LogP contribution in [0.5, 0.6) is 5.75 Å². The molecule has 0 aromatic heterocycles. The van der Waals surface area contributed by atoms with E-state index in [4.69, 9.17) is 10.5 Å². The lowest BCUT2D eigenvalue weighted by Crippen LogP contribution is -2.12. The van der Waals surface area contributed by atoms with Crippen molar-refractivity contribution in [3.63, 3.8) is 0 Å². The average Bonchev–Trinajstić information content (AvgIpc) is 2.49. The monoisotopic (exact) mass is 284 g/mol. The number of anilines is 2. The summed E-state index contributed by atoms with van der Waals surface area (Å²) in [6, 6.07) is 12.6. The number of nitrogen functional groups attached to an aromatic ring is 1. The maximum absolute atomic E-state index is 12.2. The standard InChI is InChI=1S/C17H20N2O2/c1-3-9-21-15-6-4-5-13(11-15)17(20)19-14-7-8-16(18)12(2)10-14/h4-8,10-11H,3,9,18H2,1-2H3,(H,19,20). The summed E-state index contributed by atoms with van der Waals surface area (Å²) in [5.74, 6) is 0.541. The molecule has 4 nitrogen and oxygen atoms in total. The molecule has 110 valence electrons. The van der Waals surface area contributed by atoms with Crippen molar-refractivity contribution in [2.24, 2.45) is 0 Å². The Morgan fingerprint density at radius 1 is 1.24 bits per heavy atom. The molecule has 1 amide bonds. The highest BCUT2D eigenvalue weighted by atomic mass is 16.5. The SMILES string of the molecule is CCCOc1cccc(C(=O)Nc2ccc(N)c(C)c2)c1. The number of ether oxygens (including phenoxy) is 1. The van der Waals surface area contributed by atoms with Crippen molar-refractivity contribution < 1.29 is 9.53 Å². The lowest BCUT2D eigenvalue weighted by molar-refractivity contribution is 0.102. The van der Waals surface area contributed by atoms with Crippen LogP contribution in [-0.4, -0.2) is 12.5 Å². The molecule has 0 aliphatic carbocycles. The first-order chi connectivity index (χ1) is 10.1. The third-order valence-corrected chi connectivity index (χ3v) is 3.10. The zero-order valence-electron chi connectivity index (χ0n) is 12.3. The molecule has 0 saturated heterocycles. The minimum absolute atomic E-state index is 0.166. The average molecular weight is 284 g/mol. The van der Waals surface area contributed by atoms with Gasteiger partial charge in [0.15, 0.2) is 0 Å². The molecule has 21 heavy (non-hydrogen) atoms. The van der Waals surface area contributed by atoms with Crippen LogP contribution in [0.25, 0.3) is 0 Å². The maximum atomic E-state index is 12.2. The topological polar surface area (TPSA) is 64.3 Å². The molecule has 2 aromatic carbocycles. The molecule has 0 fully saturated rings. The van der Waals surface area contributed by atoms with Crippen molar-refractivity contribution in [2.75, 3.05) is 17.7 Å². The fraction of sp³-hybridized carbons (Fsp3) is 0.235. The van der Waals surface area contributed by atoms with Crippen LogP contribution in [-0.2, 0) is 0 Å². The second-order valence-electron chi connectivity index (χ2n) is 4.90. The van der Waals surface area contributed by atoms with Gasteiger partial charge in [-0.1, -0.05) is 13.0 Å². The highest BCUT2D eigenvalue weighted by Gasteiger charge is 2.08. The van der Waals surface area contributed by atoms with E-state index >= 15 is 0 Å². The van der Waals surface area contributed by atoms with Crippen LogP contribution in [0, 0.1) is 6.92 Å². The maximum Gasteiger partial charge on any atom is 0.255 e. The van der Waals surface area contributed by atoms with E-state index in [1.165, 1.54) is 0 Å². The number of carbonyl (C=O) groups is 1. The number of rotatable bonds is 5. The summed E-state index contributed by atoms with van der Waals surface area (Å²) in [5, 5.41) is 2.86. The molecule has 2 rings (SSSR count). The van der Waals surface area contributed by atoms with Crippen LogP contribution < -0.4 is 15.8 Å². The molecule has 0 radical (unpaired) electrons. The van der Waals surface area contributed by atoms with Crippen molar-refractivity contribution >= 4 is 17.3 Å². The number of aryl methyl sites for hydroxylation is 1. The van der Waals surface area contributed by atoms with Crippen molar-refractivity contribution in [3.8, 4) is 5.75 Å². The molecule has 0 heterocycles. The van der Waals surface area contributed by atoms with Gasteiger partial charge in [0.1, 0.15) is 5.75 Å². The predicted molar refractivity (Wildman–Crippen MR) is 85.8 cm³/mol. The van der Waals surface area contributed by atoms with Gasteiger partial charge in [0.2, 0.25) is 0 Å². The van der Waals surface area contributed by atoms with Gasteiger partial charge in [-0.2, -0.15) is 0 Å². The number of amides is 1. The minimum Gasteiger partial charge on any atom is -0.494 e. The molecule has 3 N–H and O–H groups in total. The lowest BCUT2D eigenvalue weighted by atomic mass is 10.1. The summed E-state index contributed by atoms with van der Waals surface area (Å²) < 4.78 is 5.53. The van der Waals surface area contributed by atoms with Gasteiger partial charge >= 0.3 is 0 Å². The van der Waals surface area contributed by atoms with E-state index in [9.17, 15) is 4.79 Å². The van der Waals surface area contributed by atoms with E-state index in [1.54, 1.807) is 24.3 Å². The van der Waals surface area contributed by atoms with Crippen molar-refractivity contribution in [1.82, 2.24) is 0 Å². The van der Waals surface area contributed by atoms with E-state index in [0.29, 0.717) is 23.6 Å². The van der Waals surface area contributed by atoms with E-state index in [0.717, 1.165) is 17.7 Å². The summed E-state index contributed by atoms with van der Waals surface area (Å²) >= 11 is 0. The van der Waals surface area contributed by atoms with Gasteiger partial charge in [-0.3, -0.25) is 4.79 Å². The van der Waals surface area contributed by atoms with Gasteiger partial charge in [0.25, 0.3) is 5.91 Å². The molecule has 0 saturated carbocycles. The molecule has 2 aromatic rings. The van der Waals surface area contributed by atoms with E-state index < -0.39 is 0 Å². The number of carbonyl (C=O) groups excluding carboxylic acids is 1.